The van der Waals surface area contributed by atoms with Crippen LogP contribution in [0.3, 0.4) is 0 Å². The number of esters is 1. The van der Waals surface area contributed by atoms with Gasteiger partial charge in [-0.05, 0) is 18.6 Å². The van der Waals surface area contributed by atoms with Crippen LogP contribution in [-0.2, 0) is 20.9 Å². The fourth-order valence-electron chi connectivity index (χ4n) is 3.90. The number of carbonyl (C=O) groups excluding carboxylic acids is 2. The number of hydrogen-bond acceptors (Lipinski definition) is 11. The number of amides is 1. The monoisotopic (exact) mass is 582 g/mol. The summed E-state index contributed by atoms with van der Waals surface area (Å²) in [6.07, 6.45) is 0.0517. The van der Waals surface area contributed by atoms with Crippen molar-refractivity contribution in [3.8, 4) is 5.75 Å². The molecule has 0 fully saturated rings. The van der Waals surface area contributed by atoms with Crippen molar-refractivity contribution in [3.63, 3.8) is 0 Å². The molecule has 0 unspecified atom stereocenters. The number of rotatable bonds is 13. The molecule has 14 nitrogen and oxygen atoms in total. The summed E-state index contributed by atoms with van der Waals surface area (Å²) >= 11 is 0. The quantitative estimate of drug-likeness (QED) is 0.110. The second-order valence-electron chi connectivity index (χ2n) is 8.69. The van der Waals surface area contributed by atoms with Gasteiger partial charge in [-0.15, -0.1) is 10.2 Å². The van der Waals surface area contributed by atoms with Gasteiger partial charge in [0.05, 0.1) is 47.4 Å². The maximum absolute atomic E-state index is 14.3. The van der Waals surface area contributed by atoms with Gasteiger partial charge in [0.15, 0.2) is 5.69 Å². The number of azo groups is 1. The first-order valence-corrected chi connectivity index (χ1v) is 12.5. The molecule has 0 aliphatic rings. The molecule has 1 N–H and O–H groups in total. The molecule has 0 heterocycles. The van der Waals surface area contributed by atoms with Crippen molar-refractivity contribution in [2.24, 2.45) is 10.2 Å². The van der Waals surface area contributed by atoms with E-state index >= 15 is 0 Å². The molecule has 42 heavy (non-hydrogen) atoms. The van der Waals surface area contributed by atoms with Crippen LogP contribution in [0.2, 0.25) is 0 Å². The smallest absolute Gasteiger partial charge is 0.311 e. The van der Waals surface area contributed by atoms with Crippen LogP contribution in [0.5, 0.6) is 5.75 Å². The molecule has 1 amide bonds. The first-order valence-electron chi connectivity index (χ1n) is 12.5. The number of carbonyl (C=O) groups is 2. The molecular weight excluding hydrogens is 555 g/mol. The van der Waals surface area contributed by atoms with Crippen LogP contribution < -0.4 is 15.0 Å². The third kappa shape index (κ3) is 8.03. The molecule has 0 saturated carbocycles. The standard InChI is InChI=1S/C27H27FN6O8/c1-4-42-27(36)10-11-32(16-18-8-6-5-7-9-18)25-13-20(29-17(2)35)21(14-26(25)41-3)30-31-22-12-19(28)23(33(37)38)15-24(22)34(39)40/h5-9,12-15H,4,10-11,16H2,1-3H3,(H,29,35). The van der Waals surface area contributed by atoms with Crippen LogP contribution >= 0.6 is 0 Å². The summed E-state index contributed by atoms with van der Waals surface area (Å²) < 4.78 is 24.9. The van der Waals surface area contributed by atoms with Crippen LogP contribution in [0, 0.1) is 26.0 Å². The Bertz CT molecular complexity index is 1520. The molecule has 0 saturated heterocycles. The Morgan fingerprint density at radius 3 is 2.26 bits per heavy atom. The molecule has 0 aliphatic heterocycles. The van der Waals surface area contributed by atoms with Gasteiger partial charge < -0.3 is 19.7 Å². The summed E-state index contributed by atoms with van der Waals surface area (Å²) in [6, 6.07) is 13.3. The van der Waals surface area contributed by atoms with Gasteiger partial charge in [0, 0.05) is 32.1 Å². The van der Waals surface area contributed by atoms with Gasteiger partial charge in [0.2, 0.25) is 11.7 Å². The molecule has 3 aromatic rings. The van der Waals surface area contributed by atoms with Crippen molar-refractivity contribution in [2.75, 3.05) is 30.5 Å². The largest absolute Gasteiger partial charge is 0.494 e. The van der Waals surface area contributed by atoms with Crippen LogP contribution in [0.15, 0.2) is 64.8 Å². The molecule has 0 bridgehead atoms. The average Bonchev–Trinajstić information content (AvgIpc) is 2.94. The Morgan fingerprint density at radius 1 is 1.00 bits per heavy atom. The number of ether oxygens (including phenoxy) is 2. The maximum Gasteiger partial charge on any atom is 0.311 e. The first-order chi connectivity index (χ1) is 20.0. The Balaban J connectivity index is 2.11. The van der Waals surface area contributed by atoms with Crippen molar-refractivity contribution in [1.29, 1.82) is 0 Å². The Morgan fingerprint density at radius 2 is 1.67 bits per heavy atom. The SMILES string of the molecule is CCOC(=O)CCN(Cc1ccccc1)c1cc(NC(C)=O)c(N=Nc2cc(F)c([N+](=O)[O-])cc2[N+](=O)[O-])cc1OC. The molecule has 0 radical (unpaired) electrons. The molecule has 3 rings (SSSR count). The van der Waals surface area contributed by atoms with Crippen molar-refractivity contribution in [2.45, 2.75) is 26.8 Å². The van der Waals surface area contributed by atoms with E-state index in [0.29, 0.717) is 24.4 Å². The highest BCUT2D eigenvalue weighted by Crippen LogP contribution is 2.41. The molecule has 0 spiro atoms. The zero-order valence-corrected chi connectivity index (χ0v) is 22.9. The minimum atomic E-state index is -1.34. The van der Waals surface area contributed by atoms with Gasteiger partial charge >= 0.3 is 17.3 Å². The average molecular weight is 583 g/mol. The fourth-order valence-corrected chi connectivity index (χ4v) is 3.90. The van der Waals surface area contributed by atoms with E-state index in [1.807, 2.05) is 35.2 Å². The van der Waals surface area contributed by atoms with E-state index in [0.717, 1.165) is 5.56 Å². The first kappa shape index (κ1) is 31.1. The van der Waals surface area contributed by atoms with Gasteiger partial charge in [-0.25, -0.2) is 0 Å². The fraction of sp³-hybridized carbons (Fsp3) is 0.259. The van der Waals surface area contributed by atoms with Crippen LogP contribution in [0.1, 0.15) is 25.8 Å². The predicted molar refractivity (Wildman–Crippen MR) is 150 cm³/mol. The van der Waals surface area contributed by atoms with Gasteiger partial charge in [-0.2, -0.15) is 4.39 Å². The zero-order valence-electron chi connectivity index (χ0n) is 22.9. The highest BCUT2D eigenvalue weighted by molar-refractivity contribution is 5.94. The molecule has 3 aromatic carbocycles. The number of nitrogens with zero attached hydrogens (tertiary/aromatic N) is 5. The number of halogens is 1. The molecule has 0 atom stereocenters. The third-order valence-corrected chi connectivity index (χ3v) is 5.76. The van der Waals surface area contributed by atoms with Gasteiger partial charge in [0.25, 0.3) is 0 Å². The number of anilines is 2. The summed E-state index contributed by atoms with van der Waals surface area (Å²) in [5, 5.41) is 32.9. The van der Waals surface area contributed by atoms with E-state index in [1.54, 1.807) is 6.92 Å². The second kappa shape index (κ2) is 14.2. The summed E-state index contributed by atoms with van der Waals surface area (Å²) in [5.74, 6) is -1.97. The highest BCUT2D eigenvalue weighted by atomic mass is 19.1. The number of hydrogen-bond donors (Lipinski definition) is 1. The summed E-state index contributed by atoms with van der Waals surface area (Å²) in [5.41, 5.74) is -1.01. The molecule has 220 valence electrons. The predicted octanol–water partition coefficient (Wildman–Crippen LogP) is 5.98. The van der Waals surface area contributed by atoms with E-state index in [-0.39, 0.29) is 36.7 Å². The van der Waals surface area contributed by atoms with Gasteiger partial charge in [-0.1, -0.05) is 30.3 Å². The van der Waals surface area contributed by atoms with Crippen LogP contribution in [-0.4, -0.2) is 42.0 Å². The minimum Gasteiger partial charge on any atom is -0.494 e. The van der Waals surface area contributed by atoms with Gasteiger partial charge in [-0.3, -0.25) is 29.8 Å². The van der Waals surface area contributed by atoms with Crippen LogP contribution in [0.25, 0.3) is 0 Å². The summed E-state index contributed by atoms with van der Waals surface area (Å²) in [4.78, 5) is 46.5. The number of methoxy groups -OCH3 is 1. The minimum absolute atomic E-state index is 0.0103. The lowest BCUT2D eigenvalue weighted by molar-refractivity contribution is -0.395. The zero-order chi connectivity index (χ0) is 30.8. The van der Waals surface area contributed by atoms with Crippen LogP contribution in [0.4, 0.5) is 38.5 Å². The normalized spacial score (nSPS) is 10.8. The topological polar surface area (TPSA) is 179 Å². The number of nitro benzene ring substituents is 2. The Hall–Kier alpha value is -5.47. The molecule has 0 aromatic heterocycles. The lowest BCUT2D eigenvalue weighted by Crippen LogP contribution is -2.27. The van der Waals surface area contributed by atoms with E-state index in [4.69, 9.17) is 9.47 Å². The van der Waals surface area contributed by atoms with E-state index < -0.39 is 44.6 Å². The molecule has 15 heteroatoms. The number of benzene rings is 3. The van der Waals surface area contributed by atoms with E-state index in [2.05, 4.69) is 15.5 Å². The Labute approximate surface area is 239 Å². The summed E-state index contributed by atoms with van der Waals surface area (Å²) in [7, 11) is 1.39. The maximum atomic E-state index is 14.3. The van der Waals surface area contributed by atoms with Crippen molar-refractivity contribution >= 4 is 46.0 Å². The van der Waals surface area contributed by atoms with Crippen molar-refractivity contribution in [3.05, 3.63) is 86.2 Å². The molecular formula is C27H27FN6O8. The number of nitrogens with one attached hydrogen (secondary N) is 1. The lowest BCUT2D eigenvalue weighted by Gasteiger charge is -2.27. The van der Waals surface area contributed by atoms with E-state index in [1.165, 1.54) is 26.2 Å². The summed E-state index contributed by atoms with van der Waals surface area (Å²) in [6.45, 7) is 3.76. The van der Waals surface area contributed by atoms with Crippen molar-refractivity contribution < 1.29 is 33.3 Å². The van der Waals surface area contributed by atoms with Gasteiger partial charge in [0.1, 0.15) is 11.4 Å². The molecule has 0 aliphatic carbocycles. The number of nitro groups is 2. The lowest BCUT2D eigenvalue weighted by atomic mass is 10.1. The second-order valence-corrected chi connectivity index (χ2v) is 8.69. The highest BCUT2D eigenvalue weighted by Gasteiger charge is 2.25. The Kier molecular flexibility index (Phi) is 10.5. The van der Waals surface area contributed by atoms with Crippen molar-refractivity contribution in [1.82, 2.24) is 0 Å². The van der Waals surface area contributed by atoms with E-state index in [9.17, 15) is 34.2 Å². The third-order valence-electron chi connectivity index (χ3n) is 5.76.